The number of carbonyl (C=O) groups is 2. The summed E-state index contributed by atoms with van der Waals surface area (Å²) in [5, 5.41) is 0. The number of imide groups is 1. The first-order valence-electron chi connectivity index (χ1n) is 9.10. The predicted molar refractivity (Wildman–Crippen MR) is 104 cm³/mol. The van der Waals surface area contributed by atoms with E-state index >= 15 is 0 Å². The van der Waals surface area contributed by atoms with Crippen molar-refractivity contribution in [2.24, 2.45) is 4.99 Å². The van der Waals surface area contributed by atoms with E-state index in [0.717, 1.165) is 17.0 Å². The summed E-state index contributed by atoms with van der Waals surface area (Å²) < 4.78 is 5.21. The van der Waals surface area contributed by atoms with Gasteiger partial charge in [0.25, 0.3) is 5.91 Å². The Balaban J connectivity index is 1.61. The monoisotopic (exact) mass is 381 g/mol. The summed E-state index contributed by atoms with van der Waals surface area (Å²) in [6, 6.07) is 6.95. The van der Waals surface area contributed by atoms with Crippen molar-refractivity contribution in [1.29, 1.82) is 0 Å². The van der Waals surface area contributed by atoms with Crippen molar-refractivity contribution in [3.8, 4) is 5.75 Å². The summed E-state index contributed by atoms with van der Waals surface area (Å²) in [5.41, 5.74) is 2.09. The molecule has 8 nitrogen and oxygen atoms in total. The van der Waals surface area contributed by atoms with Crippen LogP contribution in [0.3, 0.4) is 0 Å². The van der Waals surface area contributed by atoms with E-state index in [2.05, 4.69) is 11.5 Å². The third-order valence-corrected chi connectivity index (χ3v) is 5.31. The average molecular weight is 381 g/mol. The van der Waals surface area contributed by atoms with Gasteiger partial charge in [-0.1, -0.05) is 18.2 Å². The normalized spacial score (nSPS) is 23.5. The number of likely N-dealkylation sites (N-methyl/N-ethyl adjacent to an activating group) is 1. The van der Waals surface area contributed by atoms with Crippen LogP contribution in [0.5, 0.6) is 5.75 Å². The number of guanidine groups is 1. The van der Waals surface area contributed by atoms with E-state index in [4.69, 9.17) is 9.73 Å². The van der Waals surface area contributed by atoms with Crippen molar-refractivity contribution < 1.29 is 14.3 Å². The number of aliphatic imine (C=N–C) groups is 1. The van der Waals surface area contributed by atoms with Crippen molar-refractivity contribution in [2.75, 3.05) is 20.7 Å². The maximum absolute atomic E-state index is 13.0. The molecule has 1 aromatic rings. The molecule has 0 N–H and O–H groups in total. The van der Waals surface area contributed by atoms with E-state index in [0.29, 0.717) is 12.5 Å². The van der Waals surface area contributed by atoms with Crippen molar-refractivity contribution >= 4 is 17.9 Å². The molecule has 8 heteroatoms. The second-order valence-corrected chi connectivity index (χ2v) is 7.03. The number of hydrogen-bond donors (Lipinski definition) is 0. The van der Waals surface area contributed by atoms with Gasteiger partial charge in [-0.15, -0.1) is 6.58 Å². The van der Waals surface area contributed by atoms with Gasteiger partial charge in [0.2, 0.25) is 5.96 Å². The van der Waals surface area contributed by atoms with Crippen LogP contribution in [0.15, 0.2) is 53.8 Å². The highest BCUT2D eigenvalue weighted by Gasteiger charge is 2.53. The van der Waals surface area contributed by atoms with Crippen LogP contribution in [0.25, 0.3) is 0 Å². The lowest BCUT2D eigenvalue weighted by Gasteiger charge is -2.39. The van der Waals surface area contributed by atoms with E-state index in [1.54, 1.807) is 20.2 Å². The van der Waals surface area contributed by atoms with Crippen molar-refractivity contribution in [1.82, 2.24) is 19.6 Å². The van der Waals surface area contributed by atoms with Gasteiger partial charge in [0.1, 0.15) is 5.75 Å². The predicted octanol–water partition coefficient (Wildman–Crippen LogP) is 1.82. The first kappa shape index (κ1) is 18.1. The molecule has 3 aliphatic rings. The molecule has 2 unspecified atom stereocenters. The lowest BCUT2D eigenvalue weighted by atomic mass is 10.1. The number of nitrogens with zero attached hydrogens (tertiary/aromatic N) is 5. The van der Waals surface area contributed by atoms with Gasteiger partial charge in [0, 0.05) is 25.5 Å². The number of urea groups is 1. The maximum atomic E-state index is 13.0. The van der Waals surface area contributed by atoms with Crippen LogP contribution in [0.2, 0.25) is 0 Å². The third kappa shape index (κ3) is 2.64. The number of amides is 3. The van der Waals surface area contributed by atoms with Crippen molar-refractivity contribution in [3.63, 3.8) is 0 Å². The second kappa shape index (κ2) is 6.70. The van der Waals surface area contributed by atoms with E-state index in [1.807, 2.05) is 42.3 Å². The molecule has 3 aliphatic heterocycles. The Labute approximate surface area is 164 Å². The largest absolute Gasteiger partial charge is 0.497 e. The zero-order chi connectivity index (χ0) is 20.0. The minimum absolute atomic E-state index is 0.187. The maximum Gasteiger partial charge on any atom is 0.328 e. The molecule has 0 bridgehead atoms. The first-order valence-corrected chi connectivity index (χ1v) is 9.10. The van der Waals surface area contributed by atoms with Gasteiger partial charge in [0.15, 0.2) is 12.2 Å². The van der Waals surface area contributed by atoms with Crippen LogP contribution in [-0.2, 0) is 11.3 Å². The summed E-state index contributed by atoms with van der Waals surface area (Å²) in [5.74, 6) is 1.25. The molecule has 0 saturated carbocycles. The molecule has 0 radical (unpaired) electrons. The van der Waals surface area contributed by atoms with Gasteiger partial charge in [-0.3, -0.25) is 9.69 Å². The molecule has 4 rings (SSSR count). The van der Waals surface area contributed by atoms with E-state index in [1.165, 1.54) is 9.80 Å². The molecule has 0 spiro atoms. The molecule has 1 aromatic carbocycles. The fourth-order valence-electron chi connectivity index (χ4n) is 3.81. The topological polar surface area (TPSA) is 68.7 Å². The molecule has 3 amide bonds. The lowest BCUT2D eigenvalue weighted by Crippen LogP contribution is -2.64. The van der Waals surface area contributed by atoms with E-state index < -0.39 is 12.2 Å². The molecule has 0 aliphatic carbocycles. The zero-order valence-corrected chi connectivity index (χ0v) is 16.2. The standard InChI is InChI=1S/C20H23N5O3/c1-5-10-23-18(26)16-17(22(3)20(23)27)21-19-24(13(2)11-25(16)19)12-14-6-8-15(28-4)9-7-14/h5-9,11,16-17H,1,10,12H2,2-4H3. The quantitative estimate of drug-likeness (QED) is 0.728. The molecular weight excluding hydrogens is 358 g/mol. The summed E-state index contributed by atoms with van der Waals surface area (Å²) >= 11 is 0. The number of methoxy groups -OCH3 is 1. The van der Waals surface area contributed by atoms with Gasteiger partial charge in [-0.25, -0.2) is 9.79 Å². The molecule has 1 saturated heterocycles. The van der Waals surface area contributed by atoms with E-state index in [-0.39, 0.29) is 18.5 Å². The van der Waals surface area contributed by atoms with Gasteiger partial charge < -0.3 is 19.4 Å². The van der Waals surface area contributed by atoms with Crippen LogP contribution < -0.4 is 4.74 Å². The highest BCUT2D eigenvalue weighted by molar-refractivity contribution is 6.04. The van der Waals surface area contributed by atoms with Gasteiger partial charge in [-0.05, 0) is 24.6 Å². The summed E-state index contributed by atoms with van der Waals surface area (Å²) in [7, 11) is 3.32. The Morgan fingerprint density at radius 2 is 1.93 bits per heavy atom. The highest BCUT2D eigenvalue weighted by atomic mass is 16.5. The van der Waals surface area contributed by atoms with Crippen LogP contribution in [0.4, 0.5) is 4.79 Å². The highest BCUT2D eigenvalue weighted by Crippen LogP contribution is 2.34. The lowest BCUT2D eigenvalue weighted by molar-refractivity contribution is -0.136. The number of hydrogen-bond acceptors (Lipinski definition) is 6. The molecule has 0 aromatic heterocycles. The summed E-state index contributed by atoms with van der Waals surface area (Å²) in [6.45, 7) is 6.44. The van der Waals surface area contributed by atoms with Gasteiger partial charge >= 0.3 is 6.03 Å². The number of allylic oxidation sites excluding steroid dienone is 1. The fourth-order valence-corrected chi connectivity index (χ4v) is 3.81. The van der Waals surface area contributed by atoms with E-state index in [9.17, 15) is 9.59 Å². The fraction of sp³-hybridized carbons (Fsp3) is 0.350. The average Bonchev–Trinajstić information content (AvgIpc) is 3.20. The SMILES string of the molecule is C=CCN1C(=O)C2C(N=C3N(Cc4ccc(OC)cc4)C(C)=CN32)N(C)C1=O. The number of carbonyl (C=O) groups excluding carboxylic acids is 2. The number of benzene rings is 1. The van der Waals surface area contributed by atoms with Gasteiger partial charge in [-0.2, -0.15) is 0 Å². The Morgan fingerprint density at radius 3 is 2.57 bits per heavy atom. The third-order valence-electron chi connectivity index (χ3n) is 5.31. The second-order valence-electron chi connectivity index (χ2n) is 7.03. The van der Waals surface area contributed by atoms with Crippen LogP contribution in [0, 0.1) is 0 Å². The van der Waals surface area contributed by atoms with Crippen LogP contribution in [-0.4, -0.2) is 70.4 Å². The Bertz CT molecular complexity index is 892. The van der Waals surface area contributed by atoms with Crippen molar-refractivity contribution in [2.45, 2.75) is 25.7 Å². The molecule has 2 atom stereocenters. The smallest absolute Gasteiger partial charge is 0.328 e. The zero-order valence-electron chi connectivity index (χ0n) is 16.2. The number of rotatable bonds is 5. The van der Waals surface area contributed by atoms with Crippen LogP contribution >= 0.6 is 0 Å². The molecule has 146 valence electrons. The van der Waals surface area contributed by atoms with Gasteiger partial charge in [0.05, 0.1) is 13.7 Å². The van der Waals surface area contributed by atoms with Crippen LogP contribution in [0.1, 0.15) is 12.5 Å². The molecular formula is C20H23N5O3. The number of fused-ring (bicyclic) bond motifs is 3. The summed E-state index contributed by atoms with van der Waals surface area (Å²) in [6.07, 6.45) is 2.96. The molecule has 1 fully saturated rings. The van der Waals surface area contributed by atoms with Crippen molar-refractivity contribution in [3.05, 3.63) is 54.4 Å². The Hall–Kier alpha value is -3.29. The molecule has 28 heavy (non-hydrogen) atoms. The molecule has 3 heterocycles. The Kier molecular flexibility index (Phi) is 4.33. The summed E-state index contributed by atoms with van der Waals surface area (Å²) in [4.78, 5) is 37.0. The minimum Gasteiger partial charge on any atom is -0.497 e. The first-order chi connectivity index (χ1) is 13.5. The number of ether oxygens (including phenoxy) is 1. The Morgan fingerprint density at radius 1 is 1.21 bits per heavy atom. The minimum atomic E-state index is -0.548.